The van der Waals surface area contributed by atoms with Gasteiger partial charge in [-0.2, -0.15) is 0 Å². The summed E-state index contributed by atoms with van der Waals surface area (Å²) in [6, 6.07) is 14.1. The number of fused-ring (bicyclic) bond motifs is 1. The van der Waals surface area contributed by atoms with Crippen LogP contribution in [0, 0.1) is 0 Å². The second-order valence-corrected chi connectivity index (χ2v) is 4.17. The first-order valence-electron chi connectivity index (χ1n) is 6.83. The third-order valence-electron chi connectivity index (χ3n) is 2.87. The van der Waals surface area contributed by atoms with Gasteiger partial charge in [-0.3, -0.25) is 9.59 Å². The van der Waals surface area contributed by atoms with Gasteiger partial charge < -0.3 is 4.98 Å². The second-order valence-electron chi connectivity index (χ2n) is 4.17. The van der Waals surface area contributed by atoms with Crippen LogP contribution in [0.4, 0.5) is 0 Å². The largest absolute Gasteiger partial charge is 0.319 e. The number of hydrogen-bond acceptors (Lipinski definition) is 3. The molecule has 1 aromatic heterocycles. The van der Waals surface area contributed by atoms with E-state index in [2.05, 4.69) is 9.97 Å². The van der Waals surface area contributed by atoms with Crippen molar-refractivity contribution in [2.24, 2.45) is 0 Å². The van der Waals surface area contributed by atoms with E-state index >= 15 is 0 Å². The SMILES string of the molecule is CC.O=C(c1ccccc1)c1ccc2ncc(=O)[nH]c2c1. The number of carbonyl (C=O) groups is 1. The maximum absolute atomic E-state index is 12.3. The molecule has 0 atom stereocenters. The molecule has 3 rings (SSSR count). The quantitative estimate of drug-likeness (QED) is 0.733. The molecule has 0 aliphatic carbocycles. The van der Waals surface area contributed by atoms with Gasteiger partial charge in [0, 0.05) is 11.1 Å². The fourth-order valence-corrected chi connectivity index (χ4v) is 1.94. The number of nitrogens with one attached hydrogen (secondary N) is 1. The molecule has 1 heterocycles. The average molecular weight is 280 g/mol. The van der Waals surface area contributed by atoms with E-state index in [-0.39, 0.29) is 11.3 Å². The maximum Gasteiger partial charge on any atom is 0.266 e. The fourth-order valence-electron chi connectivity index (χ4n) is 1.94. The van der Waals surface area contributed by atoms with Crippen molar-refractivity contribution in [3.05, 3.63) is 76.2 Å². The zero-order valence-electron chi connectivity index (χ0n) is 12.0. The number of aromatic amines is 1. The summed E-state index contributed by atoms with van der Waals surface area (Å²) >= 11 is 0. The molecule has 0 saturated heterocycles. The van der Waals surface area contributed by atoms with Gasteiger partial charge in [-0.1, -0.05) is 44.2 Å². The summed E-state index contributed by atoms with van der Waals surface area (Å²) in [4.78, 5) is 30.2. The number of carbonyl (C=O) groups excluding carboxylic acids is 1. The maximum atomic E-state index is 12.3. The number of ketones is 1. The predicted molar refractivity (Wildman–Crippen MR) is 83.6 cm³/mol. The minimum Gasteiger partial charge on any atom is -0.319 e. The minimum absolute atomic E-state index is 0.0767. The molecule has 4 nitrogen and oxygen atoms in total. The van der Waals surface area contributed by atoms with Crippen molar-refractivity contribution in [2.75, 3.05) is 0 Å². The Morgan fingerprint density at radius 3 is 2.43 bits per heavy atom. The Hall–Kier alpha value is -2.75. The van der Waals surface area contributed by atoms with Gasteiger partial charge in [-0.15, -0.1) is 0 Å². The van der Waals surface area contributed by atoms with Crippen LogP contribution in [0.2, 0.25) is 0 Å². The third kappa shape index (κ3) is 3.23. The summed E-state index contributed by atoms with van der Waals surface area (Å²) in [6.45, 7) is 4.00. The topological polar surface area (TPSA) is 62.8 Å². The van der Waals surface area contributed by atoms with Crippen LogP contribution in [0.5, 0.6) is 0 Å². The molecule has 0 aliphatic heterocycles. The van der Waals surface area contributed by atoms with Crippen LogP contribution in [0.1, 0.15) is 29.8 Å². The Morgan fingerprint density at radius 1 is 1.00 bits per heavy atom. The molecular weight excluding hydrogens is 264 g/mol. The van der Waals surface area contributed by atoms with Crippen LogP contribution < -0.4 is 5.56 Å². The summed E-state index contributed by atoms with van der Waals surface area (Å²) < 4.78 is 0. The molecule has 1 N–H and O–H groups in total. The Balaban J connectivity index is 0.000000774. The van der Waals surface area contributed by atoms with Gasteiger partial charge in [-0.25, -0.2) is 4.98 Å². The van der Waals surface area contributed by atoms with E-state index < -0.39 is 0 Å². The lowest BCUT2D eigenvalue weighted by Gasteiger charge is -2.02. The lowest BCUT2D eigenvalue weighted by atomic mass is 10.0. The van der Waals surface area contributed by atoms with Crippen molar-refractivity contribution >= 4 is 16.8 Å². The molecule has 4 heteroatoms. The highest BCUT2D eigenvalue weighted by atomic mass is 16.1. The standard InChI is InChI=1S/C15H10N2O2.C2H6/c18-14-9-16-12-7-6-11(8-13(12)17-14)15(19)10-4-2-1-3-5-10;1-2/h1-9H,(H,17,18);1-2H3. The molecule has 0 amide bonds. The first-order valence-corrected chi connectivity index (χ1v) is 6.83. The highest BCUT2D eigenvalue weighted by Gasteiger charge is 2.09. The van der Waals surface area contributed by atoms with Crippen molar-refractivity contribution in [3.63, 3.8) is 0 Å². The van der Waals surface area contributed by atoms with E-state index in [1.54, 1.807) is 30.3 Å². The number of H-pyrrole nitrogens is 1. The van der Waals surface area contributed by atoms with E-state index in [9.17, 15) is 9.59 Å². The summed E-state index contributed by atoms with van der Waals surface area (Å²) in [5.41, 5.74) is 2.09. The molecule has 0 aliphatic rings. The molecule has 0 fully saturated rings. The van der Waals surface area contributed by atoms with Crippen LogP contribution >= 0.6 is 0 Å². The molecular formula is C17H16N2O2. The molecule has 21 heavy (non-hydrogen) atoms. The van der Waals surface area contributed by atoms with Crippen molar-refractivity contribution in [2.45, 2.75) is 13.8 Å². The van der Waals surface area contributed by atoms with Gasteiger partial charge >= 0.3 is 0 Å². The molecule has 0 unspecified atom stereocenters. The normalized spacial score (nSPS) is 9.81. The molecule has 0 saturated carbocycles. The second kappa shape index (κ2) is 6.61. The third-order valence-corrected chi connectivity index (χ3v) is 2.87. The average Bonchev–Trinajstić information content (AvgIpc) is 2.56. The Morgan fingerprint density at radius 2 is 1.71 bits per heavy atom. The van der Waals surface area contributed by atoms with Gasteiger partial charge in [-0.05, 0) is 18.2 Å². The van der Waals surface area contributed by atoms with Crippen molar-refractivity contribution < 1.29 is 4.79 Å². The van der Waals surface area contributed by atoms with Gasteiger partial charge in [0.05, 0.1) is 17.2 Å². The van der Waals surface area contributed by atoms with Gasteiger partial charge in [0.1, 0.15) is 0 Å². The molecule has 0 bridgehead atoms. The summed E-state index contributed by atoms with van der Waals surface area (Å²) in [5, 5.41) is 0. The number of benzene rings is 2. The van der Waals surface area contributed by atoms with Crippen LogP contribution in [-0.2, 0) is 0 Å². The summed E-state index contributed by atoms with van der Waals surface area (Å²) in [6.07, 6.45) is 1.22. The highest BCUT2D eigenvalue weighted by Crippen LogP contribution is 2.14. The van der Waals surface area contributed by atoms with Crippen molar-refractivity contribution in [3.8, 4) is 0 Å². The zero-order valence-corrected chi connectivity index (χ0v) is 12.0. The highest BCUT2D eigenvalue weighted by molar-refractivity contribution is 6.10. The number of nitrogens with zero attached hydrogens (tertiary/aromatic N) is 1. The number of aromatic nitrogens is 2. The number of hydrogen-bond donors (Lipinski definition) is 1. The van der Waals surface area contributed by atoms with Crippen LogP contribution in [0.15, 0.2) is 59.5 Å². The van der Waals surface area contributed by atoms with E-state index in [0.29, 0.717) is 22.2 Å². The Kier molecular flexibility index (Phi) is 4.61. The van der Waals surface area contributed by atoms with Crippen molar-refractivity contribution in [1.29, 1.82) is 0 Å². The predicted octanol–water partition coefficient (Wildman–Crippen LogP) is 3.18. The molecule has 2 aromatic carbocycles. The molecule has 3 aromatic rings. The lowest BCUT2D eigenvalue weighted by molar-refractivity contribution is 0.103. The van der Waals surface area contributed by atoms with Gasteiger partial charge in [0.15, 0.2) is 5.78 Å². The summed E-state index contributed by atoms with van der Waals surface area (Å²) in [5.74, 6) is -0.0767. The lowest BCUT2D eigenvalue weighted by Crippen LogP contribution is -2.06. The van der Waals surface area contributed by atoms with Crippen LogP contribution in [0.3, 0.4) is 0 Å². The fraction of sp³-hybridized carbons (Fsp3) is 0.118. The first kappa shape index (κ1) is 14.7. The van der Waals surface area contributed by atoms with Crippen LogP contribution in [-0.4, -0.2) is 15.8 Å². The van der Waals surface area contributed by atoms with Crippen molar-refractivity contribution in [1.82, 2.24) is 9.97 Å². The molecule has 0 spiro atoms. The van der Waals surface area contributed by atoms with Gasteiger partial charge in [0.2, 0.25) is 0 Å². The van der Waals surface area contributed by atoms with E-state index in [1.807, 2.05) is 32.0 Å². The summed E-state index contributed by atoms with van der Waals surface area (Å²) in [7, 11) is 0. The van der Waals surface area contributed by atoms with Crippen LogP contribution in [0.25, 0.3) is 11.0 Å². The van der Waals surface area contributed by atoms with E-state index in [0.717, 1.165) is 0 Å². The Bertz CT molecular complexity index is 808. The van der Waals surface area contributed by atoms with E-state index in [4.69, 9.17) is 0 Å². The number of rotatable bonds is 2. The van der Waals surface area contributed by atoms with Gasteiger partial charge in [0.25, 0.3) is 5.56 Å². The molecule has 0 radical (unpaired) electrons. The zero-order chi connectivity index (χ0) is 15.2. The minimum atomic E-state index is -0.281. The first-order chi connectivity index (χ1) is 10.2. The smallest absolute Gasteiger partial charge is 0.266 e. The van der Waals surface area contributed by atoms with E-state index in [1.165, 1.54) is 6.20 Å². The Labute approximate surface area is 122 Å². The monoisotopic (exact) mass is 280 g/mol. The molecule has 106 valence electrons.